The Morgan fingerprint density at radius 2 is 1.52 bits per heavy atom. The number of azo groups is 1. The fourth-order valence-corrected chi connectivity index (χ4v) is 3.35. The minimum absolute atomic E-state index is 0.413. The van der Waals surface area contributed by atoms with Gasteiger partial charge in [-0.2, -0.15) is 10.2 Å². The Labute approximate surface area is 193 Å². The lowest BCUT2D eigenvalue weighted by Crippen LogP contribution is -2.09. The van der Waals surface area contributed by atoms with Crippen LogP contribution in [0.1, 0.15) is 35.7 Å². The van der Waals surface area contributed by atoms with Gasteiger partial charge >= 0.3 is 5.97 Å². The van der Waals surface area contributed by atoms with E-state index in [9.17, 15) is 4.79 Å². The van der Waals surface area contributed by atoms with Gasteiger partial charge in [-0.1, -0.05) is 43.7 Å². The fraction of sp³-hybridized carbons (Fsp3) is 0.179. The summed E-state index contributed by atoms with van der Waals surface area (Å²) in [6.07, 6.45) is 2.08. The number of carbonyl (C=O) groups is 1. The standard InChI is InChI=1S/C28H26N2O3/c1-3-4-17-32-26-14-10-22(11-15-26)28(31)33-27-16-13-24(18-20(27)2)29-30-25-12-9-21-7-5-6-8-23(21)19-25/h5-16,18-19H,3-4,17H2,1-2H3. The first-order chi connectivity index (χ1) is 16.1. The van der Waals surface area contributed by atoms with Gasteiger partial charge in [-0.25, -0.2) is 4.79 Å². The molecule has 0 aromatic heterocycles. The average molecular weight is 439 g/mol. The van der Waals surface area contributed by atoms with E-state index in [1.165, 1.54) is 0 Å². The zero-order chi connectivity index (χ0) is 23.0. The molecule has 0 N–H and O–H groups in total. The van der Waals surface area contributed by atoms with E-state index in [4.69, 9.17) is 9.47 Å². The van der Waals surface area contributed by atoms with Crippen LogP contribution in [0.2, 0.25) is 0 Å². The number of esters is 1. The van der Waals surface area contributed by atoms with Crippen LogP contribution < -0.4 is 9.47 Å². The summed E-state index contributed by atoms with van der Waals surface area (Å²) < 4.78 is 11.2. The van der Waals surface area contributed by atoms with Crippen molar-refractivity contribution in [2.24, 2.45) is 10.2 Å². The molecular formula is C28H26N2O3. The number of fused-ring (bicyclic) bond motifs is 1. The number of ether oxygens (including phenoxy) is 2. The normalized spacial score (nSPS) is 11.1. The van der Waals surface area contributed by atoms with Crippen LogP contribution in [0.25, 0.3) is 10.8 Å². The van der Waals surface area contributed by atoms with Crippen LogP contribution in [0.4, 0.5) is 11.4 Å². The smallest absolute Gasteiger partial charge is 0.343 e. The Morgan fingerprint density at radius 3 is 2.24 bits per heavy atom. The Hall–Kier alpha value is -3.99. The van der Waals surface area contributed by atoms with Crippen LogP contribution >= 0.6 is 0 Å². The molecule has 0 fully saturated rings. The predicted molar refractivity (Wildman–Crippen MR) is 131 cm³/mol. The highest BCUT2D eigenvalue weighted by atomic mass is 16.5. The maximum absolute atomic E-state index is 12.5. The van der Waals surface area contributed by atoms with Crippen molar-refractivity contribution in [2.45, 2.75) is 26.7 Å². The van der Waals surface area contributed by atoms with E-state index in [1.807, 2.05) is 43.3 Å². The highest BCUT2D eigenvalue weighted by Gasteiger charge is 2.11. The summed E-state index contributed by atoms with van der Waals surface area (Å²) in [6.45, 7) is 4.66. The van der Waals surface area contributed by atoms with E-state index in [0.717, 1.165) is 40.6 Å². The molecule has 0 saturated heterocycles. The van der Waals surface area contributed by atoms with E-state index in [2.05, 4.69) is 29.3 Å². The molecule has 0 radical (unpaired) electrons. The molecule has 166 valence electrons. The second-order valence-corrected chi connectivity index (χ2v) is 7.80. The third kappa shape index (κ3) is 5.83. The van der Waals surface area contributed by atoms with Crippen molar-refractivity contribution in [3.05, 3.63) is 96.1 Å². The highest BCUT2D eigenvalue weighted by molar-refractivity contribution is 5.91. The number of unbranched alkanes of at least 4 members (excludes halogenated alkanes) is 1. The SMILES string of the molecule is CCCCOc1ccc(C(=O)Oc2ccc(N=Nc3ccc4ccccc4c3)cc2C)cc1. The lowest BCUT2D eigenvalue weighted by molar-refractivity contribution is 0.0733. The van der Waals surface area contributed by atoms with Crippen molar-refractivity contribution in [3.8, 4) is 11.5 Å². The minimum atomic E-state index is -0.413. The Bertz CT molecular complexity index is 1280. The van der Waals surface area contributed by atoms with Gasteiger partial charge in [0.2, 0.25) is 0 Å². The van der Waals surface area contributed by atoms with Gasteiger partial charge in [0.05, 0.1) is 23.5 Å². The lowest BCUT2D eigenvalue weighted by Gasteiger charge is -2.09. The largest absolute Gasteiger partial charge is 0.494 e. The van der Waals surface area contributed by atoms with Gasteiger partial charge in [-0.3, -0.25) is 0 Å². The number of nitrogens with zero attached hydrogens (tertiary/aromatic N) is 2. The fourth-order valence-electron chi connectivity index (χ4n) is 3.35. The molecule has 0 atom stereocenters. The number of hydrogen-bond donors (Lipinski definition) is 0. The molecule has 0 heterocycles. The average Bonchev–Trinajstić information content (AvgIpc) is 2.84. The molecule has 0 bridgehead atoms. The molecule has 0 aliphatic heterocycles. The van der Waals surface area contributed by atoms with Crippen molar-refractivity contribution in [1.29, 1.82) is 0 Å². The molecule has 0 aliphatic rings. The number of carbonyl (C=O) groups excluding carboxylic acids is 1. The maximum atomic E-state index is 12.5. The summed E-state index contributed by atoms with van der Waals surface area (Å²) in [5.41, 5.74) is 2.74. The van der Waals surface area contributed by atoms with E-state index in [0.29, 0.717) is 23.6 Å². The van der Waals surface area contributed by atoms with Crippen LogP contribution in [-0.2, 0) is 0 Å². The number of benzene rings is 4. The zero-order valence-electron chi connectivity index (χ0n) is 18.8. The molecule has 5 nitrogen and oxygen atoms in total. The van der Waals surface area contributed by atoms with Gasteiger partial charge in [-0.05, 0) is 84.3 Å². The summed E-state index contributed by atoms with van der Waals surface area (Å²) in [6, 6.07) is 26.5. The van der Waals surface area contributed by atoms with Gasteiger partial charge in [0.15, 0.2) is 0 Å². The molecule has 33 heavy (non-hydrogen) atoms. The van der Waals surface area contributed by atoms with Crippen molar-refractivity contribution >= 4 is 28.1 Å². The maximum Gasteiger partial charge on any atom is 0.343 e. The van der Waals surface area contributed by atoms with Crippen LogP contribution in [-0.4, -0.2) is 12.6 Å². The van der Waals surface area contributed by atoms with Gasteiger partial charge in [0.25, 0.3) is 0 Å². The van der Waals surface area contributed by atoms with E-state index < -0.39 is 5.97 Å². The molecule has 5 heteroatoms. The van der Waals surface area contributed by atoms with Gasteiger partial charge < -0.3 is 9.47 Å². The zero-order valence-corrected chi connectivity index (χ0v) is 18.8. The minimum Gasteiger partial charge on any atom is -0.494 e. The number of aryl methyl sites for hydroxylation is 1. The topological polar surface area (TPSA) is 60.2 Å². The van der Waals surface area contributed by atoms with Crippen LogP contribution in [0.3, 0.4) is 0 Å². The van der Waals surface area contributed by atoms with Crippen molar-refractivity contribution in [1.82, 2.24) is 0 Å². The lowest BCUT2D eigenvalue weighted by atomic mass is 10.1. The number of rotatable bonds is 8. The summed E-state index contributed by atoms with van der Waals surface area (Å²) in [4.78, 5) is 12.5. The molecule has 4 aromatic rings. The van der Waals surface area contributed by atoms with E-state index >= 15 is 0 Å². The molecule has 4 rings (SSSR count). The predicted octanol–water partition coefficient (Wildman–Crippen LogP) is 7.96. The Balaban J connectivity index is 1.40. The first kappa shape index (κ1) is 22.2. The van der Waals surface area contributed by atoms with Crippen molar-refractivity contribution in [2.75, 3.05) is 6.61 Å². The van der Waals surface area contributed by atoms with Gasteiger partial charge in [0, 0.05) is 0 Å². The van der Waals surface area contributed by atoms with Gasteiger partial charge in [-0.15, -0.1) is 0 Å². The monoisotopic (exact) mass is 438 g/mol. The molecule has 0 saturated carbocycles. The Kier molecular flexibility index (Phi) is 7.10. The third-order valence-corrected chi connectivity index (χ3v) is 5.23. The van der Waals surface area contributed by atoms with E-state index in [1.54, 1.807) is 36.4 Å². The first-order valence-corrected chi connectivity index (χ1v) is 11.1. The van der Waals surface area contributed by atoms with Crippen LogP contribution in [0.5, 0.6) is 11.5 Å². The van der Waals surface area contributed by atoms with Crippen LogP contribution in [0, 0.1) is 6.92 Å². The summed E-state index contributed by atoms with van der Waals surface area (Å²) in [7, 11) is 0. The molecule has 4 aromatic carbocycles. The highest BCUT2D eigenvalue weighted by Crippen LogP contribution is 2.27. The van der Waals surface area contributed by atoms with Crippen molar-refractivity contribution < 1.29 is 14.3 Å². The second-order valence-electron chi connectivity index (χ2n) is 7.80. The first-order valence-electron chi connectivity index (χ1n) is 11.1. The molecule has 0 amide bonds. The summed E-state index contributed by atoms with van der Waals surface area (Å²) in [5, 5.41) is 11.0. The molecule has 0 unspecified atom stereocenters. The second kappa shape index (κ2) is 10.6. The summed E-state index contributed by atoms with van der Waals surface area (Å²) >= 11 is 0. The molecule has 0 spiro atoms. The third-order valence-electron chi connectivity index (χ3n) is 5.23. The van der Waals surface area contributed by atoms with Gasteiger partial charge in [0.1, 0.15) is 11.5 Å². The van der Waals surface area contributed by atoms with Crippen molar-refractivity contribution in [3.63, 3.8) is 0 Å². The molecule has 0 aliphatic carbocycles. The quantitative estimate of drug-likeness (QED) is 0.121. The number of hydrogen-bond acceptors (Lipinski definition) is 5. The van der Waals surface area contributed by atoms with E-state index in [-0.39, 0.29) is 0 Å². The Morgan fingerprint density at radius 1 is 0.818 bits per heavy atom. The summed E-state index contributed by atoms with van der Waals surface area (Å²) in [5.74, 6) is 0.828. The van der Waals surface area contributed by atoms with Crippen LogP contribution in [0.15, 0.2) is 95.2 Å². The molecular weight excluding hydrogens is 412 g/mol.